The van der Waals surface area contributed by atoms with Crippen molar-refractivity contribution in [2.45, 2.75) is 6.61 Å². The molecule has 0 bridgehead atoms. The van der Waals surface area contributed by atoms with Crippen molar-refractivity contribution >= 4 is 28.8 Å². The van der Waals surface area contributed by atoms with Crippen LogP contribution < -0.4 is 0 Å². The minimum absolute atomic E-state index is 0.0965. The molecule has 0 spiro atoms. The molecule has 3 nitrogen and oxygen atoms in total. The molecule has 0 aliphatic rings. The van der Waals surface area contributed by atoms with Crippen LogP contribution in [0.4, 0.5) is 0 Å². The van der Waals surface area contributed by atoms with Gasteiger partial charge in [-0.1, -0.05) is 35.3 Å². The van der Waals surface area contributed by atoms with Crippen LogP contribution >= 0.6 is 23.2 Å². The first-order chi connectivity index (χ1) is 9.19. The molecule has 0 unspecified atom stereocenters. The number of halogens is 2. The highest BCUT2D eigenvalue weighted by atomic mass is 35.5. The first-order valence-corrected chi connectivity index (χ1v) is 6.48. The van der Waals surface area contributed by atoms with Gasteiger partial charge in [-0.25, -0.2) is 4.98 Å². The Kier molecular flexibility index (Phi) is 3.19. The van der Waals surface area contributed by atoms with Crippen LogP contribution in [0.1, 0.15) is 5.69 Å². The Hall–Kier alpha value is -1.55. The standard InChI is InChI=1S/C14H10Cl2N2O/c15-10-3-1-9(2-4-10)14-12(8-19)18-6-5-11(16)7-13(18)17-14/h1-7,19H,8H2. The molecule has 19 heavy (non-hydrogen) atoms. The fraction of sp³-hybridized carbons (Fsp3) is 0.0714. The molecule has 96 valence electrons. The second kappa shape index (κ2) is 4.85. The number of fused-ring (bicyclic) bond motifs is 1. The SMILES string of the molecule is OCc1c(-c2ccc(Cl)cc2)nc2cc(Cl)ccn12. The molecule has 2 aromatic heterocycles. The van der Waals surface area contributed by atoms with Crippen molar-refractivity contribution in [1.82, 2.24) is 9.38 Å². The first-order valence-electron chi connectivity index (χ1n) is 5.72. The lowest BCUT2D eigenvalue weighted by Crippen LogP contribution is -1.93. The molecule has 1 aromatic carbocycles. The largest absolute Gasteiger partial charge is 0.390 e. The number of nitrogens with zero attached hydrogens (tertiary/aromatic N) is 2. The van der Waals surface area contributed by atoms with Gasteiger partial charge in [-0.3, -0.25) is 0 Å². The molecule has 3 aromatic rings. The van der Waals surface area contributed by atoms with Gasteiger partial charge in [-0.05, 0) is 18.2 Å². The van der Waals surface area contributed by atoms with Crippen LogP contribution in [0.2, 0.25) is 10.0 Å². The van der Waals surface area contributed by atoms with Gasteiger partial charge in [0.05, 0.1) is 18.0 Å². The van der Waals surface area contributed by atoms with Crippen molar-refractivity contribution in [3.63, 3.8) is 0 Å². The molecule has 0 aliphatic carbocycles. The molecule has 2 heterocycles. The lowest BCUT2D eigenvalue weighted by molar-refractivity contribution is 0.276. The minimum atomic E-state index is -0.0965. The number of hydrogen-bond acceptors (Lipinski definition) is 2. The quantitative estimate of drug-likeness (QED) is 0.780. The van der Waals surface area contributed by atoms with Crippen LogP contribution in [-0.4, -0.2) is 14.5 Å². The van der Waals surface area contributed by atoms with Gasteiger partial charge in [0.25, 0.3) is 0 Å². The van der Waals surface area contributed by atoms with Gasteiger partial charge in [0, 0.05) is 27.9 Å². The van der Waals surface area contributed by atoms with E-state index in [0.717, 1.165) is 17.0 Å². The van der Waals surface area contributed by atoms with E-state index in [1.165, 1.54) is 0 Å². The summed E-state index contributed by atoms with van der Waals surface area (Å²) in [6.45, 7) is -0.0965. The molecule has 0 atom stereocenters. The fourth-order valence-corrected chi connectivity index (χ4v) is 2.34. The maximum Gasteiger partial charge on any atom is 0.139 e. The molecule has 0 saturated carbocycles. The zero-order valence-electron chi connectivity index (χ0n) is 9.85. The summed E-state index contributed by atoms with van der Waals surface area (Å²) in [6.07, 6.45) is 1.80. The Bertz CT molecular complexity index is 735. The van der Waals surface area contributed by atoms with Crippen molar-refractivity contribution in [2.24, 2.45) is 0 Å². The third-order valence-corrected chi connectivity index (χ3v) is 3.44. The molecule has 5 heteroatoms. The third kappa shape index (κ3) is 2.21. The summed E-state index contributed by atoms with van der Waals surface area (Å²) in [6, 6.07) is 10.9. The summed E-state index contributed by atoms with van der Waals surface area (Å²) >= 11 is 11.8. The van der Waals surface area contributed by atoms with E-state index in [-0.39, 0.29) is 6.61 Å². The maximum atomic E-state index is 9.57. The molecule has 0 radical (unpaired) electrons. The van der Waals surface area contributed by atoms with Gasteiger partial charge in [0.2, 0.25) is 0 Å². The van der Waals surface area contributed by atoms with Crippen LogP contribution in [0.3, 0.4) is 0 Å². The van der Waals surface area contributed by atoms with E-state index >= 15 is 0 Å². The minimum Gasteiger partial charge on any atom is -0.390 e. The second-order valence-corrected chi connectivity index (χ2v) is 5.02. The van der Waals surface area contributed by atoms with E-state index in [2.05, 4.69) is 4.98 Å². The predicted octanol–water partition coefficient (Wildman–Crippen LogP) is 3.80. The summed E-state index contributed by atoms with van der Waals surface area (Å²) in [5.41, 5.74) is 3.09. The lowest BCUT2D eigenvalue weighted by atomic mass is 10.1. The number of aliphatic hydroxyl groups excluding tert-OH is 1. The number of rotatable bonds is 2. The normalized spacial score (nSPS) is 11.1. The molecule has 0 aliphatic heterocycles. The van der Waals surface area contributed by atoms with Crippen LogP contribution in [0.15, 0.2) is 42.6 Å². The van der Waals surface area contributed by atoms with Gasteiger partial charge in [0.15, 0.2) is 0 Å². The lowest BCUT2D eigenvalue weighted by Gasteiger charge is -2.02. The maximum absolute atomic E-state index is 9.57. The summed E-state index contributed by atoms with van der Waals surface area (Å²) in [5, 5.41) is 10.9. The second-order valence-electron chi connectivity index (χ2n) is 4.15. The fourth-order valence-electron chi connectivity index (χ4n) is 2.06. The summed E-state index contributed by atoms with van der Waals surface area (Å²) in [4.78, 5) is 4.52. The van der Waals surface area contributed by atoms with Crippen molar-refractivity contribution in [2.75, 3.05) is 0 Å². The smallest absolute Gasteiger partial charge is 0.139 e. The average molecular weight is 293 g/mol. The number of aromatic nitrogens is 2. The van der Waals surface area contributed by atoms with E-state index in [1.807, 2.05) is 16.5 Å². The van der Waals surface area contributed by atoms with Gasteiger partial charge in [-0.15, -0.1) is 0 Å². The van der Waals surface area contributed by atoms with Crippen LogP contribution in [0, 0.1) is 0 Å². The highest BCUT2D eigenvalue weighted by molar-refractivity contribution is 6.31. The zero-order chi connectivity index (χ0) is 13.4. The van der Waals surface area contributed by atoms with Gasteiger partial charge < -0.3 is 9.51 Å². The van der Waals surface area contributed by atoms with Crippen molar-refractivity contribution < 1.29 is 5.11 Å². The Morgan fingerprint density at radius 1 is 1.05 bits per heavy atom. The first kappa shape index (κ1) is 12.5. The molecule has 0 saturated heterocycles. The molecule has 3 rings (SSSR count). The van der Waals surface area contributed by atoms with E-state index in [1.54, 1.807) is 30.5 Å². The topological polar surface area (TPSA) is 37.5 Å². The molecule has 0 amide bonds. The van der Waals surface area contributed by atoms with Gasteiger partial charge in [-0.2, -0.15) is 0 Å². The van der Waals surface area contributed by atoms with E-state index < -0.39 is 0 Å². The van der Waals surface area contributed by atoms with E-state index in [0.29, 0.717) is 15.7 Å². The number of imidazole rings is 1. The molecular formula is C14H10Cl2N2O. The Balaban J connectivity index is 2.25. The van der Waals surface area contributed by atoms with Crippen molar-refractivity contribution in [1.29, 1.82) is 0 Å². The summed E-state index contributed by atoms with van der Waals surface area (Å²) in [7, 11) is 0. The zero-order valence-corrected chi connectivity index (χ0v) is 11.4. The van der Waals surface area contributed by atoms with Crippen LogP contribution in [0.5, 0.6) is 0 Å². The van der Waals surface area contributed by atoms with Crippen LogP contribution in [0.25, 0.3) is 16.9 Å². The third-order valence-electron chi connectivity index (χ3n) is 2.95. The number of aliphatic hydroxyl groups is 1. The van der Waals surface area contributed by atoms with Crippen LogP contribution in [-0.2, 0) is 6.61 Å². The Labute approximate surface area is 120 Å². The monoisotopic (exact) mass is 292 g/mol. The predicted molar refractivity (Wildman–Crippen MR) is 76.6 cm³/mol. The summed E-state index contributed by atoms with van der Waals surface area (Å²) in [5.74, 6) is 0. The van der Waals surface area contributed by atoms with Gasteiger partial charge >= 0.3 is 0 Å². The van der Waals surface area contributed by atoms with Crippen molar-refractivity contribution in [3.05, 3.63) is 58.3 Å². The Morgan fingerprint density at radius 2 is 1.79 bits per heavy atom. The van der Waals surface area contributed by atoms with Gasteiger partial charge in [0.1, 0.15) is 5.65 Å². The average Bonchev–Trinajstić information content (AvgIpc) is 2.77. The molecule has 1 N–H and O–H groups in total. The summed E-state index contributed by atoms with van der Waals surface area (Å²) < 4.78 is 1.83. The highest BCUT2D eigenvalue weighted by Gasteiger charge is 2.13. The van der Waals surface area contributed by atoms with E-state index in [4.69, 9.17) is 23.2 Å². The number of pyridine rings is 1. The highest BCUT2D eigenvalue weighted by Crippen LogP contribution is 2.26. The van der Waals surface area contributed by atoms with E-state index in [9.17, 15) is 5.11 Å². The number of benzene rings is 1. The molecular weight excluding hydrogens is 283 g/mol. The van der Waals surface area contributed by atoms with Crippen molar-refractivity contribution in [3.8, 4) is 11.3 Å². The molecule has 0 fully saturated rings. The number of hydrogen-bond donors (Lipinski definition) is 1. The Morgan fingerprint density at radius 3 is 2.47 bits per heavy atom.